The number of carbonyl (C=O) groups excluding carboxylic acids is 2. The third-order valence-corrected chi connectivity index (χ3v) is 5.05. The molecule has 0 aliphatic carbocycles. The molecular weight excluding hydrogens is 356 g/mol. The van der Waals surface area contributed by atoms with Crippen LogP contribution in [0.2, 0.25) is 0 Å². The molecule has 1 aromatic heterocycles. The number of aromatic nitrogens is 2. The number of piperidine rings is 1. The van der Waals surface area contributed by atoms with E-state index in [1.54, 1.807) is 41.3 Å². The van der Waals surface area contributed by atoms with Gasteiger partial charge >= 0.3 is 0 Å². The van der Waals surface area contributed by atoms with Crippen molar-refractivity contribution in [3.63, 3.8) is 0 Å². The zero-order chi connectivity index (χ0) is 19.5. The molecule has 0 atom stereocenters. The number of nitrogens with zero attached hydrogens (tertiary/aromatic N) is 2. The average molecular weight is 376 g/mol. The number of aromatic amines is 1. The Morgan fingerprint density at radius 3 is 2.32 bits per heavy atom. The summed E-state index contributed by atoms with van der Waals surface area (Å²) in [5.41, 5.74) is 0.571. The maximum absolute atomic E-state index is 12.9. The highest BCUT2D eigenvalue weighted by Crippen LogP contribution is 2.18. The van der Waals surface area contributed by atoms with Crippen LogP contribution in [-0.4, -0.2) is 46.0 Å². The first kappa shape index (κ1) is 17.9. The lowest BCUT2D eigenvalue weighted by Gasteiger charge is -2.32. The second-order valence-corrected chi connectivity index (χ2v) is 6.85. The Morgan fingerprint density at radius 2 is 1.61 bits per heavy atom. The van der Waals surface area contributed by atoms with Crippen LogP contribution >= 0.6 is 0 Å². The molecule has 7 heteroatoms. The number of likely N-dealkylation sites (tertiary alicyclic amines) is 1. The molecule has 2 heterocycles. The van der Waals surface area contributed by atoms with Gasteiger partial charge in [0, 0.05) is 30.1 Å². The molecule has 1 aliphatic rings. The van der Waals surface area contributed by atoms with Crippen molar-refractivity contribution in [2.24, 2.45) is 0 Å². The highest BCUT2D eigenvalue weighted by Gasteiger charge is 2.27. The van der Waals surface area contributed by atoms with Gasteiger partial charge in [-0.2, -0.15) is 5.10 Å². The molecule has 4 rings (SSSR count). The molecule has 0 spiro atoms. The van der Waals surface area contributed by atoms with Crippen molar-refractivity contribution in [2.75, 3.05) is 13.1 Å². The quantitative estimate of drug-likeness (QED) is 0.730. The summed E-state index contributed by atoms with van der Waals surface area (Å²) in [5, 5.41) is 10.4. The second kappa shape index (κ2) is 7.64. The van der Waals surface area contributed by atoms with E-state index in [9.17, 15) is 14.4 Å². The number of H-pyrrole nitrogens is 1. The smallest absolute Gasteiger partial charge is 0.274 e. The Morgan fingerprint density at radius 1 is 0.964 bits per heavy atom. The lowest BCUT2D eigenvalue weighted by Crippen LogP contribution is -2.46. The first-order valence-electron chi connectivity index (χ1n) is 9.26. The first-order chi connectivity index (χ1) is 13.6. The highest BCUT2D eigenvalue weighted by atomic mass is 16.2. The number of hydrogen-bond donors (Lipinski definition) is 2. The minimum Gasteiger partial charge on any atom is -0.349 e. The van der Waals surface area contributed by atoms with Crippen LogP contribution < -0.4 is 10.9 Å². The summed E-state index contributed by atoms with van der Waals surface area (Å²) >= 11 is 0. The monoisotopic (exact) mass is 376 g/mol. The van der Waals surface area contributed by atoms with Crippen molar-refractivity contribution >= 4 is 22.6 Å². The number of amides is 2. The largest absolute Gasteiger partial charge is 0.349 e. The second-order valence-electron chi connectivity index (χ2n) is 6.85. The van der Waals surface area contributed by atoms with Crippen molar-refractivity contribution in [1.29, 1.82) is 0 Å². The SMILES string of the molecule is O=C(NC1CCN(C(=O)c2n[nH]c(=O)c3ccccc23)CC1)c1ccccc1. The van der Waals surface area contributed by atoms with Crippen molar-refractivity contribution in [1.82, 2.24) is 20.4 Å². The molecule has 0 saturated carbocycles. The van der Waals surface area contributed by atoms with Crippen LogP contribution in [0.4, 0.5) is 0 Å². The molecule has 2 amide bonds. The zero-order valence-corrected chi connectivity index (χ0v) is 15.2. The van der Waals surface area contributed by atoms with Crippen molar-refractivity contribution < 1.29 is 9.59 Å². The van der Waals surface area contributed by atoms with Crippen LogP contribution in [0.1, 0.15) is 33.7 Å². The van der Waals surface area contributed by atoms with Crippen molar-refractivity contribution in [3.05, 3.63) is 76.2 Å². The van der Waals surface area contributed by atoms with Crippen LogP contribution in [-0.2, 0) is 0 Å². The molecule has 0 bridgehead atoms. The van der Waals surface area contributed by atoms with Crippen LogP contribution in [0.25, 0.3) is 10.8 Å². The maximum Gasteiger partial charge on any atom is 0.274 e. The fraction of sp³-hybridized carbons (Fsp3) is 0.238. The number of carbonyl (C=O) groups is 2. The summed E-state index contributed by atoms with van der Waals surface area (Å²) in [6.07, 6.45) is 1.34. The molecule has 3 aromatic rings. The standard InChI is InChI=1S/C21H20N4O3/c26-19(14-6-2-1-3-7-14)22-15-10-12-25(13-11-15)21(28)18-16-8-4-5-9-17(16)20(27)24-23-18/h1-9,15H,10-13H2,(H,22,26)(H,24,27). The molecule has 28 heavy (non-hydrogen) atoms. The number of fused-ring (bicyclic) bond motifs is 1. The molecule has 142 valence electrons. The molecule has 7 nitrogen and oxygen atoms in total. The van der Waals surface area contributed by atoms with Gasteiger partial charge in [-0.1, -0.05) is 36.4 Å². The van der Waals surface area contributed by atoms with Crippen LogP contribution in [0, 0.1) is 0 Å². The van der Waals surface area contributed by atoms with Crippen LogP contribution in [0.3, 0.4) is 0 Å². The topological polar surface area (TPSA) is 95.2 Å². The lowest BCUT2D eigenvalue weighted by atomic mass is 10.0. The van der Waals surface area contributed by atoms with E-state index in [4.69, 9.17) is 0 Å². The lowest BCUT2D eigenvalue weighted by molar-refractivity contribution is 0.0693. The predicted octanol–water partition coefficient (Wildman–Crippen LogP) is 1.96. The van der Waals surface area contributed by atoms with Gasteiger partial charge in [0.1, 0.15) is 0 Å². The van der Waals surface area contributed by atoms with E-state index in [2.05, 4.69) is 15.5 Å². The molecular formula is C21H20N4O3. The van der Waals surface area contributed by atoms with Crippen LogP contribution in [0.15, 0.2) is 59.4 Å². The van der Waals surface area contributed by atoms with E-state index >= 15 is 0 Å². The highest BCUT2D eigenvalue weighted by molar-refractivity contribution is 6.04. The van der Waals surface area contributed by atoms with Gasteiger partial charge in [0.15, 0.2) is 5.69 Å². The predicted molar refractivity (Wildman–Crippen MR) is 105 cm³/mol. The third-order valence-electron chi connectivity index (χ3n) is 5.05. The molecule has 1 saturated heterocycles. The van der Waals surface area contributed by atoms with E-state index in [1.807, 2.05) is 18.2 Å². The Hall–Kier alpha value is -3.48. The fourth-order valence-corrected chi connectivity index (χ4v) is 3.51. The molecule has 0 unspecified atom stereocenters. The van der Waals surface area contributed by atoms with E-state index < -0.39 is 0 Å². The summed E-state index contributed by atoms with van der Waals surface area (Å²) in [4.78, 5) is 38.9. The molecule has 1 fully saturated rings. The average Bonchev–Trinajstić information content (AvgIpc) is 2.75. The minimum absolute atomic E-state index is 0.0250. The molecule has 2 aromatic carbocycles. The number of benzene rings is 2. The van der Waals surface area contributed by atoms with Gasteiger partial charge in [0.05, 0.1) is 5.39 Å². The normalized spacial score (nSPS) is 14.8. The Bertz CT molecular complexity index is 1070. The summed E-state index contributed by atoms with van der Waals surface area (Å²) < 4.78 is 0. The maximum atomic E-state index is 12.9. The third kappa shape index (κ3) is 3.51. The molecule has 1 aliphatic heterocycles. The van der Waals surface area contributed by atoms with Gasteiger partial charge in [-0.3, -0.25) is 14.4 Å². The number of nitrogens with one attached hydrogen (secondary N) is 2. The molecule has 2 N–H and O–H groups in total. The minimum atomic E-state index is -0.311. The van der Waals surface area contributed by atoms with Gasteiger partial charge < -0.3 is 10.2 Å². The van der Waals surface area contributed by atoms with Gasteiger partial charge in [0.25, 0.3) is 17.4 Å². The Balaban J connectivity index is 1.43. The van der Waals surface area contributed by atoms with E-state index in [0.29, 0.717) is 42.3 Å². The number of hydrogen-bond acceptors (Lipinski definition) is 4. The van der Waals surface area contributed by atoms with Gasteiger partial charge in [-0.25, -0.2) is 5.10 Å². The number of rotatable bonds is 3. The first-order valence-corrected chi connectivity index (χ1v) is 9.26. The van der Waals surface area contributed by atoms with E-state index in [1.165, 1.54) is 0 Å². The fourth-order valence-electron chi connectivity index (χ4n) is 3.51. The Kier molecular flexibility index (Phi) is 4.89. The zero-order valence-electron chi connectivity index (χ0n) is 15.2. The van der Waals surface area contributed by atoms with Gasteiger partial charge in [-0.05, 0) is 31.0 Å². The Labute approximate surface area is 161 Å². The molecule has 0 radical (unpaired) electrons. The van der Waals surface area contributed by atoms with Crippen LogP contribution in [0.5, 0.6) is 0 Å². The van der Waals surface area contributed by atoms with E-state index in [0.717, 1.165) is 0 Å². The summed E-state index contributed by atoms with van der Waals surface area (Å²) in [7, 11) is 0. The van der Waals surface area contributed by atoms with Gasteiger partial charge in [0.2, 0.25) is 0 Å². The van der Waals surface area contributed by atoms with Crippen molar-refractivity contribution in [3.8, 4) is 0 Å². The van der Waals surface area contributed by atoms with E-state index in [-0.39, 0.29) is 29.1 Å². The van der Waals surface area contributed by atoms with Crippen molar-refractivity contribution in [2.45, 2.75) is 18.9 Å². The summed E-state index contributed by atoms with van der Waals surface area (Å²) in [6.45, 7) is 1.04. The summed E-state index contributed by atoms with van der Waals surface area (Å²) in [6, 6.07) is 16.1. The van der Waals surface area contributed by atoms with Gasteiger partial charge in [-0.15, -0.1) is 0 Å². The summed E-state index contributed by atoms with van der Waals surface area (Å²) in [5.74, 6) is -0.307.